The number of hydrogen-bond donors (Lipinski definition) is 0. The van der Waals surface area contributed by atoms with Gasteiger partial charge < -0.3 is 4.42 Å². The smallest absolute Gasteiger partial charge is 0.336 e. The van der Waals surface area contributed by atoms with Crippen molar-refractivity contribution in [1.82, 2.24) is 4.90 Å². The Hall–Kier alpha value is -2.46. The topological polar surface area (TPSA) is 33.5 Å². The van der Waals surface area contributed by atoms with Crippen molar-refractivity contribution in [3.63, 3.8) is 0 Å². The highest BCUT2D eigenvalue weighted by molar-refractivity contribution is 5.82. The van der Waals surface area contributed by atoms with Crippen molar-refractivity contribution in [2.45, 2.75) is 32.4 Å². The fraction of sp³-hybridized carbons (Fsp3) is 0.286. The van der Waals surface area contributed by atoms with Gasteiger partial charge in [0.25, 0.3) is 0 Å². The Morgan fingerprint density at radius 3 is 2.52 bits per heavy atom. The van der Waals surface area contributed by atoms with Gasteiger partial charge in [-0.15, -0.1) is 0 Å². The quantitative estimate of drug-likeness (QED) is 0.673. The van der Waals surface area contributed by atoms with Crippen LogP contribution in [0, 0.1) is 5.82 Å². The molecular formula is C21H20FNO2. The van der Waals surface area contributed by atoms with Crippen molar-refractivity contribution in [2.75, 3.05) is 7.05 Å². The SMILES string of the molecule is CN(Cc1ccc(F)cc1)Cc1cc(=O)oc2cc3c(cc12)CCC3. The minimum absolute atomic E-state index is 0.230. The van der Waals surface area contributed by atoms with E-state index in [9.17, 15) is 9.18 Å². The molecule has 3 nitrogen and oxygen atoms in total. The Morgan fingerprint density at radius 2 is 1.76 bits per heavy atom. The van der Waals surface area contributed by atoms with E-state index in [0.717, 1.165) is 35.8 Å². The maximum atomic E-state index is 13.0. The summed E-state index contributed by atoms with van der Waals surface area (Å²) in [5, 5.41) is 1.02. The second-order valence-corrected chi connectivity index (χ2v) is 6.86. The van der Waals surface area contributed by atoms with Crippen LogP contribution < -0.4 is 5.63 Å². The maximum Gasteiger partial charge on any atom is 0.336 e. The molecular weight excluding hydrogens is 317 g/mol. The molecule has 4 heteroatoms. The van der Waals surface area contributed by atoms with E-state index in [1.807, 2.05) is 13.1 Å². The van der Waals surface area contributed by atoms with Crippen LogP contribution in [0.3, 0.4) is 0 Å². The molecule has 1 aromatic heterocycles. The number of fused-ring (bicyclic) bond motifs is 2. The molecule has 4 rings (SSSR count). The molecule has 1 aliphatic carbocycles. The molecule has 2 aromatic carbocycles. The van der Waals surface area contributed by atoms with Gasteiger partial charge in [-0.3, -0.25) is 4.90 Å². The first-order valence-corrected chi connectivity index (χ1v) is 8.60. The molecule has 0 saturated carbocycles. The molecule has 0 N–H and O–H groups in total. The maximum absolute atomic E-state index is 13.0. The number of aryl methyl sites for hydroxylation is 2. The number of rotatable bonds is 4. The summed E-state index contributed by atoms with van der Waals surface area (Å²) in [5.74, 6) is -0.230. The summed E-state index contributed by atoms with van der Waals surface area (Å²) in [4.78, 5) is 14.1. The van der Waals surface area contributed by atoms with Crippen molar-refractivity contribution in [3.8, 4) is 0 Å². The molecule has 1 aliphatic rings. The lowest BCUT2D eigenvalue weighted by Crippen LogP contribution is -2.18. The Bertz CT molecular complexity index is 976. The number of halogens is 1. The molecule has 0 amide bonds. The van der Waals surface area contributed by atoms with Crippen LogP contribution >= 0.6 is 0 Å². The summed E-state index contributed by atoms with van der Waals surface area (Å²) in [6, 6.07) is 12.3. The predicted octanol–water partition coefficient (Wildman–Crippen LogP) is 4.05. The summed E-state index contributed by atoms with van der Waals surface area (Å²) in [5.41, 5.74) is 5.05. The van der Waals surface area contributed by atoms with Crippen LogP contribution in [-0.4, -0.2) is 11.9 Å². The first-order valence-electron chi connectivity index (χ1n) is 8.60. The highest BCUT2D eigenvalue weighted by atomic mass is 19.1. The highest BCUT2D eigenvalue weighted by Gasteiger charge is 2.16. The van der Waals surface area contributed by atoms with Gasteiger partial charge in [0.2, 0.25) is 0 Å². The zero-order chi connectivity index (χ0) is 17.4. The van der Waals surface area contributed by atoms with E-state index < -0.39 is 0 Å². The molecule has 3 aromatic rings. The second-order valence-electron chi connectivity index (χ2n) is 6.86. The van der Waals surface area contributed by atoms with E-state index in [4.69, 9.17) is 4.42 Å². The molecule has 0 atom stereocenters. The van der Waals surface area contributed by atoms with Crippen LogP contribution in [0.4, 0.5) is 4.39 Å². The van der Waals surface area contributed by atoms with Gasteiger partial charge in [-0.2, -0.15) is 0 Å². The number of nitrogens with zero attached hydrogens (tertiary/aromatic N) is 1. The van der Waals surface area contributed by atoms with E-state index in [0.29, 0.717) is 18.7 Å². The van der Waals surface area contributed by atoms with Gasteiger partial charge in [0.1, 0.15) is 11.4 Å². The molecule has 0 fully saturated rings. The van der Waals surface area contributed by atoms with E-state index in [2.05, 4.69) is 11.0 Å². The Labute approximate surface area is 145 Å². The van der Waals surface area contributed by atoms with Crippen molar-refractivity contribution in [2.24, 2.45) is 0 Å². The normalized spacial score (nSPS) is 13.6. The predicted molar refractivity (Wildman–Crippen MR) is 96.1 cm³/mol. The van der Waals surface area contributed by atoms with E-state index >= 15 is 0 Å². The molecule has 25 heavy (non-hydrogen) atoms. The molecule has 0 spiro atoms. The number of benzene rings is 2. The average Bonchev–Trinajstić information content (AvgIpc) is 3.02. The first-order chi connectivity index (χ1) is 12.1. The molecule has 0 saturated heterocycles. The van der Waals surface area contributed by atoms with Crippen LogP contribution in [0.2, 0.25) is 0 Å². The molecule has 1 heterocycles. The zero-order valence-corrected chi connectivity index (χ0v) is 14.2. The monoisotopic (exact) mass is 337 g/mol. The molecule has 0 bridgehead atoms. The summed E-state index contributed by atoms with van der Waals surface area (Å²) in [6.07, 6.45) is 3.31. The van der Waals surface area contributed by atoms with Gasteiger partial charge in [-0.05, 0) is 72.8 Å². The lowest BCUT2D eigenvalue weighted by atomic mass is 10.0. The molecule has 128 valence electrons. The third-order valence-corrected chi connectivity index (χ3v) is 4.85. The van der Waals surface area contributed by atoms with Gasteiger partial charge in [0.15, 0.2) is 0 Å². The minimum atomic E-state index is -0.310. The van der Waals surface area contributed by atoms with Crippen molar-refractivity contribution in [3.05, 3.63) is 81.0 Å². The summed E-state index contributed by atoms with van der Waals surface area (Å²) in [7, 11) is 2.00. The average molecular weight is 337 g/mol. The van der Waals surface area contributed by atoms with E-state index in [-0.39, 0.29) is 11.4 Å². The van der Waals surface area contributed by atoms with E-state index in [1.165, 1.54) is 23.3 Å². The second kappa shape index (κ2) is 6.45. The minimum Gasteiger partial charge on any atom is -0.423 e. The zero-order valence-electron chi connectivity index (χ0n) is 14.2. The van der Waals surface area contributed by atoms with E-state index in [1.54, 1.807) is 18.2 Å². The van der Waals surface area contributed by atoms with Crippen LogP contribution in [0.5, 0.6) is 0 Å². The standard InChI is InChI=1S/C21H20FNO2/c1-23(12-14-5-7-18(22)8-6-14)13-17-11-21(24)25-20-10-16-4-2-3-15(16)9-19(17)20/h5-11H,2-4,12-13H2,1H3. The molecule has 0 unspecified atom stereocenters. The van der Waals surface area contributed by atoms with Crippen molar-refractivity contribution < 1.29 is 8.81 Å². The van der Waals surface area contributed by atoms with Gasteiger partial charge in [0.05, 0.1) is 0 Å². The fourth-order valence-corrected chi connectivity index (χ4v) is 3.67. The Morgan fingerprint density at radius 1 is 1.04 bits per heavy atom. The number of hydrogen-bond acceptors (Lipinski definition) is 3. The van der Waals surface area contributed by atoms with Gasteiger partial charge >= 0.3 is 5.63 Å². The van der Waals surface area contributed by atoms with Crippen LogP contribution in [-0.2, 0) is 25.9 Å². The molecule has 0 radical (unpaired) electrons. The van der Waals surface area contributed by atoms with Gasteiger partial charge in [-0.25, -0.2) is 9.18 Å². The summed E-state index contributed by atoms with van der Waals surface area (Å²) < 4.78 is 18.5. The van der Waals surface area contributed by atoms with Crippen LogP contribution in [0.15, 0.2) is 51.7 Å². The molecule has 0 aliphatic heterocycles. The highest BCUT2D eigenvalue weighted by Crippen LogP contribution is 2.29. The summed E-state index contributed by atoms with van der Waals surface area (Å²) >= 11 is 0. The largest absolute Gasteiger partial charge is 0.423 e. The van der Waals surface area contributed by atoms with Gasteiger partial charge in [-0.1, -0.05) is 12.1 Å². The lowest BCUT2D eigenvalue weighted by molar-refractivity contribution is 0.319. The first kappa shape index (κ1) is 16.0. The van der Waals surface area contributed by atoms with Crippen LogP contribution in [0.25, 0.3) is 11.0 Å². The fourth-order valence-electron chi connectivity index (χ4n) is 3.67. The third kappa shape index (κ3) is 3.35. The van der Waals surface area contributed by atoms with Crippen LogP contribution in [0.1, 0.15) is 28.7 Å². The Kier molecular flexibility index (Phi) is 4.14. The summed E-state index contributed by atoms with van der Waals surface area (Å²) in [6.45, 7) is 1.32. The van der Waals surface area contributed by atoms with Crippen molar-refractivity contribution >= 4 is 11.0 Å². The Balaban J connectivity index is 1.64. The lowest BCUT2D eigenvalue weighted by Gasteiger charge is -2.18. The third-order valence-electron chi connectivity index (χ3n) is 4.85. The van der Waals surface area contributed by atoms with Crippen molar-refractivity contribution in [1.29, 1.82) is 0 Å². The van der Waals surface area contributed by atoms with Gasteiger partial charge in [0, 0.05) is 24.5 Å².